The van der Waals surface area contributed by atoms with Crippen LogP contribution in [0.4, 0.5) is 5.82 Å². The van der Waals surface area contributed by atoms with Crippen LogP contribution in [0, 0.1) is 6.92 Å². The van der Waals surface area contributed by atoms with Crippen molar-refractivity contribution in [1.82, 2.24) is 24.9 Å². The van der Waals surface area contributed by atoms with Crippen molar-refractivity contribution in [2.24, 2.45) is 0 Å². The first kappa shape index (κ1) is 17.5. The molecule has 0 spiro atoms. The lowest BCUT2D eigenvalue weighted by Crippen LogP contribution is -2.50. The summed E-state index contributed by atoms with van der Waals surface area (Å²) in [6, 6.07) is 13.2. The van der Waals surface area contributed by atoms with Crippen LogP contribution in [-0.2, 0) is 11.3 Å². The molecule has 1 saturated heterocycles. The summed E-state index contributed by atoms with van der Waals surface area (Å²) in [6.07, 6.45) is 1.85. The molecule has 0 saturated carbocycles. The van der Waals surface area contributed by atoms with Gasteiger partial charge in [0.2, 0.25) is 5.91 Å². The molecule has 0 aliphatic carbocycles. The zero-order valence-corrected chi connectivity index (χ0v) is 15.7. The van der Waals surface area contributed by atoms with Crippen LogP contribution in [-0.4, -0.2) is 50.4 Å². The topological polar surface area (TPSA) is 67.2 Å². The number of carbonyl (C=O) groups excluding carboxylic acids is 1. The molecular formula is C19H19ClN6O. The molecule has 0 radical (unpaired) electrons. The lowest BCUT2D eigenvalue weighted by molar-refractivity contribution is -0.131. The number of hydrogen-bond acceptors (Lipinski definition) is 5. The van der Waals surface area contributed by atoms with Crippen LogP contribution in [0.15, 0.2) is 48.7 Å². The van der Waals surface area contributed by atoms with Crippen molar-refractivity contribution in [3.05, 3.63) is 64.9 Å². The van der Waals surface area contributed by atoms with Crippen molar-refractivity contribution in [3.8, 4) is 5.82 Å². The predicted octanol–water partition coefficient (Wildman–Crippen LogP) is 2.47. The van der Waals surface area contributed by atoms with Gasteiger partial charge in [0.15, 0.2) is 11.6 Å². The summed E-state index contributed by atoms with van der Waals surface area (Å²) in [6.45, 7) is 4.17. The quantitative estimate of drug-likeness (QED) is 0.693. The Balaban J connectivity index is 1.40. The van der Waals surface area contributed by atoms with Gasteiger partial charge in [-0.3, -0.25) is 4.79 Å². The van der Waals surface area contributed by atoms with E-state index in [1.165, 1.54) is 0 Å². The summed E-state index contributed by atoms with van der Waals surface area (Å²) in [5.74, 6) is 1.42. The van der Waals surface area contributed by atoms with E-state index in [0.29, 0.717) is 42.8 Å². The predicted molar refractivity (Wildman–Crippen MR) is 103 cm³/mol. The lowest BCUT2D eigenvalue weighted by Gasteiger charge is -2.34. The van der Waals surface area contributed by atoms with Gasteiger partial charge in [-0.15, -0.1) is 10.2 Å². The van der Waals surface area contributed by atoms with Crippen molar-refractivity contribution in [3.63, 3.8) is 0 Å². The fraction of sp³-hybridized carbons (Fsp3) is 0.263. The highest BCUT2D eigenvalue weighted by Crippen LogP contribution is 2.17. The number of nitrogens with zero attached hydrogens (tertiary/aromatic N) is 6. The van der Waals surface area contributed by atoms with Crippen LogP contribution in [0.25, 0.3) is 5.82 Å². The molecule has 8 heteroatoms. The van der Waals surface area contributed by atoms with E-state index in [0.717, 1.165) is 11.3 Å². The van der Waals surface area contributed by atoms with E-state index in [9.17, 15) is 4.79 Å². The number of hydrogen-bond donors (Lipinski definition) is 0. The fourth-order valence-corrected chi connectivity index (χ4v) is 3.16. The van der Waals surface area contributed by atoms with Gasteiger partial charge in [-0.2, -0.15) is 5.10 Å². The molecule has 1 amide bonds. The second kappa shape index (κ2) is 7.36. The Morgan fingerprint density at radius 2 is 1.74 bits per heavy atom. The Kier molecular flexibility index (Phi) is 4.77. The van der Waals surface area contributed by atoms with E-state index in [2.05, 4.69) is 15.3 Å². The van der Waals surface area contributed by atoms with E-state index < -0.39 is 0 Å². The second-order valence-electron chi connectivity index (χ2n) is 6.51. The van der Waals surface area contributed by atoms with Crippen LogP contribution in [0.3, 0.4) is 0 Å². The van der Waals surface area contributed by atoms with Gasteiger partial charge in [-0.05, 0) is 42.8 Å². The van der Waals surface area contributed by atoms with E-state index in [1.54, 1.807) is 4.68 Å². The molecule has 3 heterocycles. The number of amides is 1. The molecule has 3 aromatic rings. The number of piperazine rings is 1. The third-order valence-electron chi connectivity index (χ3n) is 4.52. The van der Waals surface area contributed by atoms with Crippen LogP contribution in [0.1, 0.15) is 11.3 Å². The minimum atomic E-state index is 0.0739. The van der Waals surface area contributed by atoms with Gasteiger partial charge in [0, 0.05) is 30.9 Å². The molecule has 7 nitrogen and oxygen atoms in total. The van der Waals surface area contributed by atoms with Gasteiger partial charge < -0.3 is 9.80 Å². The molecule has 0 atom stereocenters. The fourth-order valence-electron chi connectivity index (χ4n) is 3.03. The number of halogens is 1. The number of anilines is 1. The Bertz CT molecular complexity index is 938. The molecule has 0 N–H and O–H groups in total. The zero-order valence-electron chi connectivity index (χ0n) is 14.9. The smallest absolute Gasteiger partial charge is 0.242 e. The van der Waals surface area contributed by atoms with Gasteiger partial charge in [0.1, 0.15) is 0 Å². The maximum atomic E-state index is 12.5. The third kappa shape index (κ3) is 3.93. The van der Waals surface area contributed by atoms with Crippen LogP contribution in [0.5, 0.6) is 0 Å². The first-order valence-corrected chi connectivity index (χ1v) is 9.10. The third-order valence-corrected chi connectivity index (χ3v) is 4.77. The van der Waals surface area contributed by atoms with Crippen molar-refractivity contribution >= 4 is 23.3 Å². The van der Waals surface area contributed by atoms with E-state index >= 15 is 0 Å². The SMILES string of the molecule is Cc1ccn(-c2ccc(N3CCN(Cc4ccc(Cl)cc4)C(=O)C3)nn2)n1. The van der Waals surface area contributed by atoms with Gasteiger partial charge in [-0.1, -0.05) is 23.7 Å². The molecule has 0 bridgehead atoms. The molecular weight excluding hydrogens is 364 g/mol. The summed E-state index contributed by atoms with van der Waals surface area (Å²) in [5, 5.41) is 13.5. The highest BCUT2D eigenvalue weighted by molar-refractivity contribution is 6.30. The molecule has 1 aromatic carbocycles. The molecule has 1 aliphatic heterocycles. The molecule has 27 heavy (non-hydrogen) atoms. The van der Waals surface area contributed by atoms with E-state index in [1.807, 2.05) is 65.4 Å². The molecule has 2 aromatic heterocycles. The first-order chi connectivity index (χ1) is 13.1. The van der Waals surface area contributed by atoms with Crippen LogP contribution < -0.4 is 4.90 Å². The summed E-state index contributed by atoms with van der Waals surface area (Å²) < 4.78 is 1.68. The molecule has 0 unspecified atom stereocenters. The summed E-state index contributed by atoms with van der Waals surface area (Å²) in [5.41, 5.74) is 1.99. The average Bonchev–Trinajstić information content (AvgIpc) is 3.12. The minimum absolute atomic E-state index is 0.0739. The standard InChI is InChI=1S/C19H19ClN6O/c1-14-8-9-26(23-14)18-7-6-17(21-22-18)24-10-11-25(19(27)13-24)12-15-2-4-16(20)5-3-15/h2-9H,10-13H2,1H3. The van der Waals surface area contributed by atoms with Gasteiger partial charge in [0.25, 0.3) is 0 Å². The highest BCUT2D eigenvalue weighted by atomic mass is 35.5. The minimum Gasteiger partial charge on any atom is -0.344 e. The second-order valence-corrected chi connectivity index (χ2v) is 6.95. The Morgan fingerprint density at radius 1 is 1.00 bits per heavy atom. The van der Waals surface area contributed by atoms with Crippen LogP contribution in [0.2, 0.25) is 5.02 Å². The molecule has 138 valence electrons. The zero-order chi connectivity index (χ0) is 18.8. The largest absolute Gasteiger partial charge is 0.344 e. The number of carbonyl (C=O) groups is 1. The van der Waals surface area contributed by atoms with Gasteiger partial charge >= 0.3 is 0 Å². The first-order valence-electron chi connectivity index (χ1n) is 8.72. The normalized spacial score (nSPS) is 14.7. The number of aromatic nitrogens is 4. The van der Waals surface area contributed by atoms with Crippen molar-refractivity contribution in [1.29, 1.82) is 0 Å². The Morgan fingerprint density at radius 3 is 2.37 bits per heavy atom. The monoisotopic (exact) mass is 382 g/mol. The summed E-state index contributed by atoms with van der Waals surface area (Å²) in [4.78, 5) is 16.3. The number of aryl methyl sites for hydroxylation is 1. The van der Waals surface area contributed by atoms with Gasteiger partial charge in [0.05, 0.1) is 12.2 Å². The maximum Gasteiger partial charge on any atom is 0.242 e. The Labute approximate surface area is 162 Å². The average molecular weight is 383 g/mol. The highest BCUT2D eigenvalue weighted by Gasteiger charge is 2.25. The van der Waals surface area contributed by atoms with Crippen molar-refractivity contribution < 1.29 is 4.79 Å². The van der Waals surface area contributed by atoms with E-state index in [4.69, 9.17) is 11.6 Å². The number of rotatable bonds is 4. The van der Waals surface area contributed by atoms with Crippen molar-refractivity contribution in [2.75, 3.05) is 24.5 Å². The molecule has 1 fully saturated rings. The molecule has 1 aliphatic rings. The number of benzene rings is 1. The van der Waals surface area contributed by atoms with Crippen molar-refractivity contribution in [2.45, 2.75) is 13.5 Å². The van der Waals surface area contributed by atoms with Crippen LogP contribution >= 0.6 is 11.6 Å². The summed E-state index contributed by atoms with van der Waals surface area (Å²) in [7, 11) is 0. The maximum absolute atomic E-state index is 12.5. The lowest BCUT2D eigenvalue weighted by atomic mass is 10.2. The van der Waals surface area contributed by atoms with Gasteiger partial charge in [-0.25, -0.2) is 4.68 Å². The Hall–Kier alpha value is -2.93. The molecule has 4 rings (SSSR count). The van der Waals surface area contributed by atoms with E-state index in [-0.39, 0.29) is 5.91 Å². The summed E-state index contributed by atoms with van der Waals surface area (Å²) >= 11 is 5.92.